The number of benzene rings is 4. The van der Waals surface area contributed by atoms with Crippen molar-refractivity contribution in [2.24, 2.45) is 0 Å². The number of carbonyl (C=O) groups excluding carboxylic acids is 1. The van der Waals surface area contributed by atoms with E-state index in [1.54, 1.807) is 0 Å². The highest BCUT2D eigenvalue weighted by Gasteiger charge is 2.53. The van der Waals surface area contributed by atoms with Gasteiger partial charge in [0, 0.05) is 53.9 Å². The molecule has 2 aliphatic rings. The third-order valence-electron chi connectivity index (χ3n) is 7.34. The minimum atomic E-state index is -1.09. The number of aryl methyl sites for hydroxylation is 3. The Morgan fingerprint density at radius 3 is 2.31 bits per heavy atom. The van der Waals surface area contributed by atoms with E-state index in [2.05, 4.69) is 50.4 Å². The van der Waals surface area contributed by atoms with Crippen LogP contribution in [0.25, 0.3) is 0 Å². The molecule has 0 saturated carbocycles. The molecule has 4 aromatic carbocycles. The molecular formula is C31H28N2O3. The first kappa shape index (κ1) is 22.2. The van der Waals surface area contributed by atoms with Crippen LogP contribution in [0.5, 0.6) is 11.5 Å². The molecule has 0 aliphatic carbocycles. The molecule has 0 radical (unpaired) electrons. The van der Waals surface area contributed by atoms with E-state index in [4.69, 9.17) is 9.47 Å². The van der Waals surface area contributed by atoms with Crippen LogP contribution in [-0.4, -0.2) is 20.1 Å². The maximum atomic E-state index is 13.2. The van der Waals surface area contributed by atoms with Gasteiger partial charge in [0.25, 0.3) is 0 Å². The average molecular weight is 477 g/mol. The summed E-state index contributed by atoms with van der Waals surface area (Å²) in [6.45, 7) is 6.27. The number of carbonyl (C=O) groups is 1. The molecule has 0 fully saturated rings. The second kappa shape index (κ2) is 7.89. The lowest BCUT2D eigenvalue weighted by Gasteiger charge is -2.37. The van der Waals surface area contributed by atoms with Gasteiger partial charge < -0.3 is 19.7 Å². The van der Waals surface area contributed by atoms with Gasteiger partial charge in [-0.25, -0.2) is 4.79 Å². The SMILES string of the molecule is Cc1ccc(Nc2cc3c(cc2C)Oc2cc(N(C)C)ccc2C32OC(=O)c3ccccc32)cc1C. The van der Waals surface area contributed by atoms with E-state index in [-0.39, 0.29) is 5.97 Å². The predicted molar refractivity (Wildman–Crippen MR) is 143 cm³/mol. The Kier molecular flexibility index (Phi) is 4.87. The number of anilines is 3. The summed E-state index contributed by atoms with van der Waals surface area (Å²) in [5, 5.41) is 3.58. The van der Waals surface area contributed by atoms with Crippen LogP contribution < -0.4 is 15.0 Å². The number of hydrogen-bond acceptors (Lipinski definition) is 5. The van der Waals surface area contributed by atoms with Gasteiger partial charge in [-0.3, -0.25) is 0 Å². The molecule has 1 unspecified atom stereocenters. The van der Waals surface area contributed by atoms with Gasteiger partial charge in [0.05, 0.1) is 5.56 Å². The maximum Gasteiger partial charge on any atom is 0.340 e. The highest BCUT2D eigenvalue weighted by molar-refractivity contribution is 5.97. The summed E-state index contributed by atoms with van der Waals surface area (Å²) in [4.78, 5) is 15.2. The lowest BCUT2D eigenvalue weighted by Crippen LogP contribution is -2.33. The Balaban J connectivity index is 1.58. The highest BCUT2D eigenvalue weighted by Crippen LogP contribution is 2.57. The number of nitrogens with zero attached hydrogens (tertiary/aromatic N) is 1. The summed E-state index contributed by atoms with van der Waals surface area (Å²) in [6, 6.07) is 24.1. The Morgan fingerprint density at radius 2 is 1.53 bits per heavy atom. The van der Waals surface area contributed by atoms with Gasteiger partial charge in [0.15, 0.2) is 5.60 Å². The van der Waals surface area contributed by atoms with Gasteiger partial charge in [-0.15, -0.1) is 0 Å². The number of ether oxygens (including phenoxy) is 2. The normalized spacial score (nSPS) is 17.1. The Bertz CT molecular complexity index is 1560. The Morgan fingerprint density at radius 1 is 0.750 bits per heavy atom. The molecule has 0 aromatic heterocycles. The third-order valence-corrected chi connectivity index (χ3v) is 7.34. The Hall–Kier alpha value is -4.25. The van der Waals surface area contributed by atoms with Crippen molar-refractivity contribution in [1.82, 2.24) is 0 Å². The second-order valence-corrected chi connectivity index (χ2v) is 9.88. The molecule has 1 N–H and O–H groups in total. The summed E-state index contributed by atoms with van der Waals surface area (Å²) in [6.07, 6.45) is 0. The van der Waals surface area contributed by atoms with Crippen molar-refractivity contribution in [2.75, 3.05) is 24.3 Å². The zero-order chi connectivity index (χ0) is 25.2. The minimum Gasteiger partial charge on any atom is -0.456 e. The van der Waals surface area contributed by atoms with Crippen LogP contribution in [0.2, 0.25) is 0 Å². The van der Waals surface area contributed by atoms with Crippen molar-refractivity contribution in [1.29, 1.82) is 0 Å². The van der Waals surface area contributed by atoms with Gasteiger partial charge in [-0.1, -0.05) is 24.3 Å². The van der Waals surface area contributed by atoms with Crippen LogP contribution in [0.15, 0.2) is 72.8 Å². The van der Waals surface area contributed by atoms with E-state index >= 15 is 0 Å². The van der Waals surface area contributed by atoms with Gasteiger partial charge in [-0.05, 0) is 79.9 Å². The molecule has 4 aromatic rings. The van der Waals surface area contributed by atoms with Crippen LogP contribution in [-0.2, 0) is 10.3 Å². The van der Waals surface area contributed by atoms with Crippen LogP contribution in [0.1, 0.15) is 43.7 Å². The van der Waals surface area contributed by atoms with E-state index in [1.807, 2.05) is 67.5 Å². The zero-order valence-corrected chi connectivity index (χ0v) is 21.1. The summed E-state index contributed by atoms with van der Waals surface area (Å²) in [5.74, 6) is 1.05. The van der Waals surface area contributed by atoms with Crippen LogP contribution >= 0.6 is 0 Å². The van der Waals surface area contributed by atoms with Gasteiger partial charge in [-0.2, -0.15) is 0 Å². The van der Waals surface area contributed by atoms with Gasteiger partial charge >= 0.3 is 5.97 Å². The smallest absolute Gasteiger partial charge is 0.340 e. The van der Waals surface area contributed by atoms with Gasteiger partial charge in [0.1, 0.15) is 11.5 Å². The van der Waals surface area contributed by atoms with E-state index in [1.165, 1.54) is 11.1 Å². The first-order valence-electron chi connectivity index (χ1n) is 12.1. The summed E-state index contributed by atoms with van der Waals surface area (Å²) in [5.41, 5.74) is 8.41. The minimum absolute atomic E-state index is 0.328. The lowest BCUT2D eigenvalue weighted by atomic mass is 9.77. The molecule has 2 aliphatic heterocycles. The molecule has 5 nitrogen and oxygen atoms in total. The molecule has 180 valence electrons. The van der Waals surface area contributed by atoms with Crippen molar-refractivity contribution in [3.05, 3.63) is 112 Å². The number of hydrogen-bond donors (Lipinski definition) is 1. The van der Waals surface area contributed by atoms with Crippen molar-refractivity contribution in [3.63, 3.8) is 0 Å². The van der Waals surface area contributed by atoms with E-state index in [0.717, 1.165) is 39.3 Å². The molecule has 0 saturated heterocycles. The van der Waals surface area contributed by atoms with E-state index < -0.39 is 5.60 Å². The molecule has 36 heavy (non-hydrogen) atoms. The average Bonchev–Trinajstić information content (AvgIpc) is 3.15. The molecule has 2 heterocycles. The lowest BCUT2D eigenvalue weighted by molar-refractivity contribution is 0.0224. The van der Waals surface area contributed by atoms with Crippen LogP contribution in [0, 0.1) is 20.8 Å². The molecule has 6 rings (SSSR count). The molecule has 0 amide bonds. The number of nitrogens with one attached hydrogen (secondary N) is 1. The summed E-state index contributed by atoms with van der Waals surface area (Å²) >= 11 is 0. The summed E-state index contributed by atoms with van der Waals surface area (Å²) < 4.78 is 12.8. The molecule has 5 heteroatoms. The van der Waals surface area contributed by atoms with Crippen molar-refractivity contribution < 1.29 is 14.3 Å². The zero-order valence-electron chi connectivity index (χ0n) is 21.1. The second-order valence-electron chi connectivity index (χ2n) is 9.88. The molecule has 1 spiro atoms. The number of esters is 1. The quantitative estimate of drug-likeness (QED) is 0.323. The van der Waals surface area contributed by atoms with Crippen molar-refractivity contribution in [2.45, 2.75) is 26.4 Å². The third kappa shape index (κ3) is 3.19. The molecular weight excluding hydrogens is 448 g/mol. The first-order chi connectivity index (χ1) is 17.3. The number of rotatable bonds is 3. The van der Waals surface area contributed by atoms with Crippen LogP contribution in [0.3, 0.4) is 0 Å². The predicted octanol–water partition coefficient (Wildman–Crippen LogP) is 6.99. The van der Waals surface area contributed by atoms with Crippen LogP contribution in [0.4, 0.5) is 17.1 Å². The molecule has 1 atom stereocenters. The van der Waals surface area contributed by atoms with Crippen molar-refractivity contribution >= 4 is 23.0 Å². The first-order valence-corrected chi connectivity index (χ1v) is 12.1. The maximum absolute atomic E-state index is 13.2. The standard InChI is InChI=1S/C31H28N2O3/c1-18-10-11-21(14-19(18)2)32-27-17-26-28(15-20(27)3)35-29-16-22(33(4)5)12-13-25(29)31(26)24-9-7-6-8-23(24)30(34)36-31/h6-17,32H,1-5H3. The van der Waals surface area contributed by atoms with Crippen molar-refractivity contribution in [3.8, 4) is 11.5 Å². The molecule has 0 bridgehead atoms. The van der Waals surface area contributed by atoms with Gasteiger partial charge in [0.2, 0.25) is 0 Å². The highest BCUT2D eigenvalue weighted by atomic mass is 16.6. The monoisotopic (exact) mass is 476 g/mol. The summed E-state index contributed by atoms with van der Waals surface area (Å²) in [7, 11) is 3.99. The number of fused-ring (bicyclic) bond motifs is 6. The largest absolute Gasteiger partial charge is 0.456 e. The topological polar surface area (TPSA) is 50.8 Å². The fourth-order valence-electron chi connectivity index (χ4n) is 5.20. The fourth-order valence-corrected chi connectivity index (χ4v) is 5.20. The van der Waals surface area contributed by atoms with E-state index in [9.17, 15) is 4.79 Å². The van der Waals surface area contributed by atoms with E-state index in [0.29, 0.717) is 17.1 Å². The Labute approximate surface area is 211 Å². The fraction of sp³-hybridized carbons (Fsp3) is 0.194.